The first-order valence-corrected chi connectivity index (χ1v) is 8.98. The van der Waals surface area contributed by atoms with Crippen LogP contribution in [0.1, 0.15) is 16.1 Å². The van der Waals surface area contributed by atoms with E-state index < -0.39 is 57.8 Å². The van der Waals surface area contributed by atoms with Crippen molar-refractivity contribution >= 4 is 23.2 Å². The van der Waals surface area contributed by atoms with Crippen LogP contribution in [0.5, 0.6) is 17.2 Å². The number of amides is 1. The molecule has 0 aliphatic rings. The van der Waals surface area contributed by atoms with E-state index in [1.807, 2.05) is 0 Å². The third-order valence-electron chi connectivity index (χ3n) is 3.78. The molecule has 1 N–H and O–H groups in total. The van der Waals surface area contributed by atoms with Gasteiger partial charge in [-0.3, -0.25) is 4.79 Å². The summed E-state index contributed by atoms with van der Waals surface area (Å²) in [6.07, 6.45) is -8.03. The summed E-state index contributed by atoms with van der Waals surface area (Å²) in [7, 11) is 0. The lowest BCUT2D eigenvalue weighted by Gasteiger charge is -2.16. The fourth-order valence-corrected chi connectivity index (χ4v) is 2.81. The first-order valence-electron chi connectivity index (χ1n) is 8.60. The highest BCUT2D eigenvalue weighted by atomic mass is 35.5. The van der Waals surface area contributed by atoms with Crippen molar-refractivity contribution in [3.63, 3.8) is 0 Å². The van der Waals surface area contributed by atoms with E-state index in [1.54, 1.807) is 0 Å². The predicted molar refractivity (Wildman–Crippen MR) is 98.6 cm³/mol. The maximum absolute atomic E-state index is 14.0. The molecule has 0 atom stereocenters. The second-order valence-corrected chi connectivity index (χ2v) is 6.55. The summed E-state index contributed by atoms with van der Waals surface area (Å²) in [6.45, 7) is 0. The van der Waals surface area contributed by atoms with Gasteiger partial charge in [-0.25, -0.2) is 9.37 Å². The second-order valence-electron chi connectivity index (χ2n) is 6.17. The van der Waals surface area contributed by atoms with Gasteiger partial charge in [-0.1, -0.05) is 16.4 Å². The lowest BCUT2D eigenvalue weighted by molar-refractivity contribution is -0.668. The number of anilines is 1. The van der Waals surface area contributed by atoms with Crippen LogP contribution in [0.25, 0.3) is 0 Å². The molecule has 1 amide bonds. The van der Waals surface area contributed by atoms with Gasteiger partial charge < -0.3 is 20.0 Å². The highest BCUT2D eigenvalue weighted by Gasteiger charge is 2.38. The van der Waals surface area contributed by atoms with Crippen molar-refractivity contribution in [2.24, 2.45) is 0 Å². The highest BCUT2D eigenvalue weighted by molar-refractivity contribution is 6.35. The van der Waals surface area contributed by atoms with E-state index in [4.69, 9.17) is 16.3 Å². The largest absolute Gasteiger partial charge is 0.594 e. The van der Waals surface area contributed by atoms with Gasteiger partial charge in [0.15, 0.2) is 23.0 Å². The van der Waals surface area contributed by atoms with Crippen LogP contribution in [0.2, 0.25) is 5.02 Å². The van der Waals surface area contributed by atoms with Crippen LogP contribution in [-0.2, 0) is 6.18 Å². The molecular formula is C18H8ClF7N4O4. The van der Waals surface area contributed by atoms with E-state index in [0.717, 1.165) is 24.5 Å². The molecule has 0 aliphatic carbocycles. The normalized spacial score (nSPS) is 11.8. The number of aromatic nitrogens is 3. The molecule has 2 heterocycles. The summed E-state index contributed by atoms with van der Waals surface area (Å²) in [5.41, 5.74) is -2.74. The third-order valence-corrected chi connectivity index (χ3v) is 4.15. The van der Waals surface area contributed by atoms with Gasteiger partial charge in [0, 0.05) is 11.2 Å². The molecule has 0 saturated heterocycles. The zero-order valence-electron chi connectivity index (χ0n) is 16.0. The summed E-state index contributed by atoms with van der Waals surface area (Å²) in [5, 5.41) is 15.4. The van der Waals surface area contributed by atoms with Crippen LogP contribution in [-0.4, -0.2) is 22.4 Å². The molecule has 0 bridgehead atoms. The third kappa shape index (κ3) is 5.92. The van der Waals surface area contributed by atoms with Crippen LogP contribution in [0, 0.1) is 11.0 Å². The molecule has 0 radical (unpaired) electrons. The van der Waals surface area contributed by atoms with Crippen molar-refractivity contribution in [1.29, 1.82) is 0 Å². The number of carbonyl (C=O) groups excluding carboxylic acids is 1. The van der Waals surface area contributed by atoms with Crippen LogP contribution in [0.3, 0.4) is 0 Å². The van der Waals surface area contributed by atoms with E-state index >= 15 is 0 Å². The number of hydrogen-bond donors (Lipinski definition) is 1. The smallest absolute Gasteiger partial charge is 0.573 e. The number of ether oxygens (including phenoxy) is 2. The Balaban J connectivity index is 2.01. The van der Waals surface area contributed by atoms with E-state index in [-0.39, 0.29) is 10.5 Å². The molecule has 3 rings (SSSR count). The van der Waals surface area contributed by atoms with Crippen molar-refractivity contribution in [1.82, 2.24) is 10.1 Å². The first kappa shape index (κ1) is 24.8. The van der Waals surface area contributed by atoms with Crippen LogP contribution in [0.4, 0.5) is 36.4 Å². The van der Waals surface area contributed by atoms with Gasteiger partial charge in [0.05, 0.1) is 17.4 Å². The number of benzene rings is 1. The SMILES string of the molecule is O=C(Nc1ccn[n+]([O-])c1)c1c(Oc2ccc(OC(F)(F)F)c(F)c2)cnc(C(F)(F)F)c1Cl. The lowest BCUT2D eigenvalue weighted by Crippen LogP contribution is -2.30. The maximum Gasteiger partial charge on any atom is 0.573 e. The Morgan fingerprint density at radius 2 is 1.82 bits per heavy atom. The standard InChI is InChI=1S/C18H8ClF7N4O4/c19-14-13(16(31)29-8-3-4-28-30(32)7-8)12(6-27-15(14)17(21,22)23)33-9-1-2-11(10(20)5-9)34-18(24,25)26/h1-7H,(H,29,31). The van der Waals surface area contributed by atoms with Gasteiger partial charge in [0.1, 0.15) is 17.0 Å². The summed E-state index contributed by atoms with van der Waals surface area (Å²) < 4.78 is 99.2. The van der Waals surface area contributed by atoms with Crippen molar-refractivity contribution in [2.75, 3.05) is 5.32 Å². The quantitative estimate of drug-likeness (QED) is 0.298. The summed E-state index contributed by atoms with van der Waals surface area (Å²) in [5.74, 6) is -5.24. The summed E-state index contributed by atoms with van der Waals surface area (Å²) in [6, 6.07) is 2.90. The lowest BCUT2D eigenvalue weighted by atomic mass is 10.1. The van der Waals surface area contributed by atoms with Gasteiger partial charge in [-0.05, 0) is 18.2 Å². The monoisotopic (exact) mass is 512 g/mol. The molecule has 8 nitrogen and oxygen atoms in total. The number of carbonyl (C=O) groups is 1. The number of nitrogens with zero attached hydrogens (tertiary/aromatic N) is 3. The molecule has 34 heavy (non-hydrogen) atoms. The predicted octanol–water partition coefficient (Wildman–Crippen LogP) is 4.86. The second kappa shape index (κ2) is 9.17. The molecule has 0 fully saturated rings. The van der Waals surface area contributed by atoms with Crippen molar-refractivity contribution in [3.8, 4) is 17.2 Å². The molecule has 0 spiro atoms. The van der Waals surface area contributed by atoms with Crippen molar-refractivity contribution < 1.29 is 49.8 Å². The van der Waals surface area contributed by atoms with E-state index in [0.29, 0.717) is 18.3 Å². The van der Waals surface area contributed by atoms with Gasteiger partial charge in [-0.2, -0.15) is 13.2 Å². The Bertz CT molecular complexity index is 1240. The molecule has 16 heteroatoms. The minimum Gasteiger partial charge on any atom is -0.594 e. The average Bonchev–Trinajstić information content (AvgIpc) is 2.68. The van der Waals surface area contributed by atoms with Crippen LogP contribution >= 0.6 is 11.6 Å². The number of hydrogen-bond acceptors (Lipinski definition) is 6. The van der Waals surface area contributed by atoms with Gasteiger partial charge >= 0.3 is 12.5 Å². The Morgan fingerprint density at radius 3 is 2.41 bits per heavy atom. The van der Waals surface area contributed by atoms with Gasteiger partial charge in [-0.15, -0.1) is 13.2 Å². The number of alkyl halides is 6. The average molecular weight is 513 g/mol. The molecule has 2 aromatic heterocycles. The summed E-state index contributed by atoms with van der Waals surface area (Å²) in [4.78, 5) is 15.8. The first-order chi connectivity index (χ1) is 15.7. The minimum atomic E-state index is -5.19. The number of nitrogens with one attached hydrogen (secondary N) is 1. The molecule has 0 saturated carbocycles. The molecule has 0 aliphatic heterocycles. The summed E-state index contributed by atoms with van der Waals surface area (Å²) >= 11 is 5.76. The Kier molecular flexibility index (Phi) is 6.67. The Morgan fingerprint density at radius 1 is 1.12 bits per heavy atom. The Labute approximate surface area is 189 Å². The van der Waals surface area contributed by atoms with Gasteiger partial charge in [0.2, 0.25) is 6.20 Å². The van der Waals surface area contributed by atoms with Crippen molar-refractivity contribution in [2.45, 2.75) is 12.5 Å². The van der Waals surface area contributed by atoms with E-state index in [1.165, 1.54) is 0 Å². The fourth-order valence-electron chi connectivity index (χ4n) is 2.48. The number of rotatable bonds is 5. The van der Waals surface area contributed by atoms with Crippen molar-refractivity contribution in [3.05, 3.63) is 70.2 Å². The fraction of sp³-hybridized carbons (Fsp3) is 0.111. The van der Waals surface area contributed by atoms with Crippen LogP contribution < -0.4 is 19.6 Å². The van der Waals surface area contributed by atoms with E-state index in [9.17, 15) is 40.7 Å². The molecule has 1 aromatic carbocycles. The minimum absolute atomic E-state index is 0.0513. The molecule has 180 valence electrons. The Hall–Kier alpha value is -3.88. The molecular weight excluding hydrogens is 505 g/mol. The topological polar surface area (TPSA) is 100 Å². The van der Waals surface area contributed by atoms with Gasteiger partial charge in [0.25, 0.3) is 5.91 Å². The zero-order chi connectivity index (χ0) is 25.3. The zero-order valence-corrected chi connectivity index (χ0v) is 16.8. The van der Waals surface area contributed by atoms with E-state index in [2.05, 4.69) is 20.1 Å². The van der Waals surface area contributed by atoms with Crippen LogP contribution in [0.15, 0.2) is 42.9 Å². The molecule has 0 unspecified atom stereocenters. The number of pyridine rings is 1. The number of halogens is 8. The molecule has 3 aromatic rings. The maximum atomic E-state index is 14.0. The highest BCUT2D eigenvalue weighted by Crippen LogP contribution is 2.40.